The quantitative estimate of drug-likeness (QED) is 0.836. The molecule has 1 atom stereocenters. The van der Waals surface area contributed by atoms with Crippen molar-refractivity contribution < 1.29 is 13.6 Å². The van der Waals surface area contributed by atoms with Crippen LogP contribution in [0.3, 0.4) is 0 Å². The van der Waals surface area contributed by atoms with Crippen molar-refractivity contribution in [3.63, 3.8) is 0 Å². The molecule has 1 aliphatic carbocycles. The molecule has 1 aliphatic rings. The van der Waals surface area contributed by atoms with Crippen LogP contribution in [0.2, 0.25) is 0 Å². The van der Waals surface area contributed by atoms with Crippen molar-refractivity contribution in [1.29, 1.82) is 0 Å². The molecule has 1 amide bonds. The van der Waals surface area contributed by atoms with E-state index in [0.29, 0.717) is 24.4 Å². The van der Waals surface area contributed by atoms with E-state index < -0.39 is 23.2 Å². The average molecular weight is 336 g/mol. The first-order valence-electron chi connectivity index (χ1n) is 7.79. The standard InChI is InChI=1S/C16H18F2N4O2/c1-22-16(24)20-14(21-22)15(23)19-8-11(10-3-4-10)6-9-2-5-12(17)13(18)7-9/h2,5,7,10-11H,3-4,6,8H2,1H3,(H,19,23)(H,20,21,24)/t11-/m0/s1. The molecule has 0 saturated heterocycles. The summed E-state index contributed by atoms with van der Waals surface area (Å²) in [6, 6.07) is 3.88. The molecule has 1 aromatic carbocycles. The highest BCUT2D eigenvalue weighted by Gasteiger charge is 2.31. The molecule has 6 nitrogen and oxygen atoms in total. The van der Waals surface area contributed by atoms with E-state index in [1.165, 1.54) is 13.1 Å². The highest BCUT2D eigenvalue weighted by atomic mass is 19.2. The molecule has 1 aromatic heterocycles. The van der Waals surface area contributed by atoms with Crippen molar-refractivity contribution in [3.05, 3.63) is 51.7 Å². The van der Waals surface area contributed by atoms with Crippen molar-refractivity contribution >= 4 is 5.91 Å². The van der Waals surface area contributed by atoms with E-state index in [1.807, 2.05) is 0 Å². The van der Waals surface area contributed by atoms with Gasteiger partial charge in [-0.25, -0.2) is 18.3 Å². The zero-order valence-corrected chi connectivity index (χ0v) is 13.2. The van der Waals surface area contributed by atoms with Crippen LogP contribution in [-0.4, -0.2) is 27.2 Å². The Bertz CT molecular complexity index is 811. The van der Waals surface area contributed by atoms with E-state index in [0.717, 1.165) is 23.6 Å². The Balaban J connectivity index is 1.63. The number of rotatable bonds is 6. The van der Waals surface area contributed by atoms with Gasteiger partial charge >= 0.3 is 5.69 Å². The maximum atomic E-state index is 13.3. The molecule has 0 spiro atoms. The molecule has 3 rings (SSSR count). The summed E-state index contributed by atoms with van der Waals surface area (Å²) in [5, 5.41) is 6.55. The molecule has 2 aromatic rings. The maximum absolute atomic E-state index is 13.3. The number of hydrogen-bond acceptors (Lipinski definition) is 3. The number of nitrogens with zero attached hydrogens (tertiary/aromatic N) is 2. The number of halogens is 2. The van der Waals surface area contributed by atoms with Gasteiger partial charge < -0.3 is 5.32 Å². The minimum Gasteiger partial charge on any atom is -0.349 e. The first-order valence-corrected chi connectivity index (χ1v) is 7.79. The van der Waals surface area contributed by atoms with Gasteiger partial charge in [0.05, 0.1) is 0 Å². The summed E-state index contributed by atoms with van der Waals surface area (Å²) in [5.74, 6) is -1.63. The van der Waals surface area contributed by atoms with Gasteiger partial charge in [-0.15, -0.1) is 5.10 Å². The topological polar surface area (TPSA) is 79.8 Å². The molecule has 1 heterocycles. The lowest BCUT2D eigenvalue weighted by atomic mass is 9.94. The fourth-order valence-corrected chi connectivity index (χ4v) is 2.75. The van der Waals surface area contributed by atoms with Crippen LogP contribution in [0, 0.1) is 23.5 Å². The van der Waals surface area contributed by atoms with Gasteiger partial charge in [0.2, 0.25) is 5.82 Å². The van der Waals surface area contributed by atoms with E-state index in [4.69, 9.17) is 0 Å². The number of carbonyl (C=O) groups excluding carboxylic acids is 1. The Morgan fingerprint density at radius 2 is 2.17 bits per heavy atom. The number of benzene rings is 1. The van der Waals surface area contributed by atoms with Crippen molar-refractivity contribution in [3.8, 4) is 0 Å². The summed E-state index contributed by atoms with van der Waals surface area (Å²) in [6.45, 7) is 0.390. The Morgan fingerprint density at radius 3 is 2.75 bits per heavy atom. The Morgan fingerprint density at radius 1 is 1.42 bits per heavy atom. The van der Waals surface area contributed by atoms with Crippen LogP contribution >= 0.6 is 0 Å². The smallest absolute Gasteiger partial charge is 0.343 e. The van der Waals surface area contributed by atoms with E-state index in [-0.39, 0.29) is 11.7 Å². The second kappa shape index (κ2) is 6.54. The zero-order chi connectivity index (χ0) is 17.3. The van der Waals surface area contributed by atoms with E-state index in [9.17, 15) is 18.4 Å². The van der Waals surface area contributed by atoms with Crippen LogP contribution < -0.4 is 11.0 Å². The summed E-state index contributed by atoms with van der Waals surface area (Å²) >= 11 is 0. The Hall–Kier alpha value is -2.51. The molecule has 24 heavy (non-hydrogen) atoms. The number of aromatic nitrogens is 3. The number of nitrogens with one attached hydrogen (secondary N) is 2. The van der Waals surface area contributed by atoms with Crippen LogP contribution in [0.5, 0.6) is 0 Å². The van der Waals surface area contributed by atoms with Gasteiger partial charge in [-0.2, -0.15) is 0 Å². The van der Waals surface area contributed by atoms with Gasteiger partial charge in [-0.3, -0.25) is 9.78 Å². The summed E-state index contributed by atoms with van der Waals surface area (Å²) in [5.41, 5.74) is 0.243. The minimum absolute atomic E-state index is 0.0372. The molecule has 0 bridgehead atoms. The van der Waals surface area contributed by atoms with Gasteiger partial charge in [0.1, 0.15) is 0 Å². The van der Waals surface area contributed by atoms with Gasteiger partial charge in [0.25, 0.3) is 5.91 Å². The number of carbonyl (C=O) groups is 1. The zero-order valence-electron chi connectivity index (χ0n) is 13.2. The first-order chi connectivity index (χ1) is 11.4. The Kier molecular flexibility index (Phi) is 4.46. The van der Waals surface area contributed by atoms with Gasteiger partial charge in [-0.05, 0) is 48.8 Å². The van der Waals surface area contributed by atoms with Crippen LogP contribution in [0.25, 0.3) is 0 Å². The fourth-order valence-electron chi connectivity index (χ4n) is 2.75. The SMILES string of the molecule is Cn1nc(C(=O)NC[C@H](Cc2ccc(F)c(F)c2)C2CC2)[nH]c1=O. The number of aryl methyl sites for hydroxylation is 1. The molecular formula is C16H18F2N4O2. The normalized spacial score (nSPS) is 15.3. The third-order valence-electron chi connectivity index (χ3n) is 4.28. The van der Waals surface area contributed by atoms with Crippen molar-refractivity contribution in [2.24, 2.45) is 18.9 Å². The number of hydrogen-bond donors (Lipinski definition) is 2. The second-order valence-electron chi connectivity index (χ2n) is 6.16. The molecule has 0 aliphatic heterocycles. The Labute approximate surface area is 136 Å². The van der Waals surface area contributed by atoms with Crippen LogP contribution in [0.1, 0.15) is 29.0 Å². The van der Waals surface area contributed by atoms with Crippen molar-refractivity contribution in [1.82, 2.24) is 20.1 Å². The highest BCUT2D eigenvalue weighted by Crippen LogP contribution is 2.38. The average Bonchev–Trinajstić information content (AvgIpc) is 3.33. The lowest BCUT2D eigenvalue weighted by molar-refractivity contribution is 0.0934. The molecule has 0 radical (unpaired) electrons. The first kappa shape index (κ1) is 16.4. The van der Waals surface area contributed by atoms with Gasteiger partial charge in [-0.1, -0.05) is 6.07 Å². The van der Waals surface area contributed by atoms with Gasteiger partial charge in [0, 0.05) is 13.6 Å². The number of H-pyrrole nitrogens is 1. The predicted molar refractivity (Wildman–Crippen MR) is 82.4 cm³/mol. The molecule has 1 fully saturated rings. The van der Waals surface area contributed by atoms with Crippen LogP contribution in [0.4, 0.5) is 8.78 Å². The van der Waals surface area contributed by atoms with Crippen molar-refractivity contribution in [2.45, 2.75) is 19.3 Å². The largest absolute Gasteiger partial charge is 0.349 e. The molecule has 1 saturated carbocycles. The molecular weight excluding hydrogens is 318 g/mol. The molecule has 0 unspecified atom stereocenters. The van der Waals surface area contributed by atoms with E-state index in [1.54, 1.807) is 6.07 Å². The highest BCUT2D eigenvalue weighted by molar-refractivity contribution is 5.90. The summed E-state index contributed by atoms with van der Waals surface area (Å²) in [6.07, 6.45) is 2.68. The van der Waals surface area contributed by atoms with E-state index in [2.05, 4.69) is 15.4 Å². The second-order valence-corrected chi connectivity index (χ2v) is 6.16. The summed E-state index contributed by atoms with van der Waals surface area (Å²) < 4.78 is 27.4. The van der Waals surface area contributed by atoms with Crippen molar-refractivity contribution in [2.75, 3.05) is 6.54 Å². The number of amides is 1. The lowest BCUT2D eigenvalue weighted by Crippen LogP contribution is -2.32. The monoisotopic (exact) mass is 336 g/mol. The summed E-state index contributed by atoms with van der Waals surface area (Å²) in [4.78, 5) is 25.7. The fraction of sp³-hybridized carbons (Fsp3) is 0.438. The minimum atomic E-state index is -0.867. The third kappa shape index (κ3) is 3.69. The van der Waals surface area contributed by atoms with Gasteiger partial charge in [0.15, 0.2) is 11.6 Å². The molecule has 128 valence electrons. The maximum Gasteiger partial charge on any atom is 0.343 e. The summed E-state index contributed by atoms with van der Waals surface area (Å²) in [7, 11) is 1.45. The van der Waals surface area contributed by atoms with Crippen LogP contribution in [0.15, 0.2) is 23.0 Å². The van der Waals surface area contributed by atoms with E-state index >= 15 is 0 Å². The molecule has 8 heteroatoms. The van der Waals surface area contributed by atoms with Crippen LogP contribution in [-0.2, 0) is 13.5 Å². The lowest BCUT2D eigenvalue weighted by Gasteiger charge is -2.17. The third-order valence-corrected chi connectivity index (χ3v) is 4.28. The number of aromatic amines is 1. The predicted octanol–water partition coefficient (Wildman–Crippen LogP) is 1.39. The molecule has 2 N–H and O–H groups in total.